The lowest BCUT2D eigenvalue weighted by Gasteiger charge is -2.37. The van der Waals surface area contributed by atoms with Crippen LogP contribution in [0, 0.1) is 0 Å². The SMILES string of the molecule is CCCCN(C=Nc1nc(=O)n([C@H]2C[C@@H](O)[C@@H](COC(c3ccccc3)(c3ccc(OC)cc3)c3ccc(OC)cc3)O2)cc1/C=C/C(=O)O)CCCC. The Morgan fingerprint density at radius 2 is 1.52 bits per heavy atom. The molecule has 12 nitrogen and oxygen atoms in total. The predicted molar refractivity (Wildman–Crippen MR) is 208 cm³/mol. The zero-order valence-electron chi connectivity index (χ0n) is 31.3. The number of hydrogen-bond donors (Lipinski definition) is 2. The molecule has 5 rings (SSSR count). The van der Waals surface area contributed by atoms with E-state index >= 15 is 0 Å². The Hall–Kier alpha value is -5.30. The zero-order chi connectivity index (χ0) is 38.5. The largest absolute Gasteiger partial charge is 0.497 e. The number of aliphatic hydroxyl groups excluding tert-OH is 1. The summed E-state index contributed by atoms with van der Waals surface area (Å²) in [6.07, 6.45) is 6.82. The standard InChI is InChI=1S/C42H50N4O8/c1-5-7-24-45(25-8-6-2)29-43-40-30(14-23-39(48)49)27-46(41(50)44-40)38-26-36(47)37(54-38)28-53-42(31-12-10-9-11-13-31,32-15-19-34(51-3)20-16-32)33-17-21-35(52-4)22-18-33/h9-23,27,29,36-38,47H,5-8,24-26,28H2,1-4H3,(H,48,49)/b23-14+,43-29?/t36-,37-,38-/m1/s1. The molecule has 0 bridgehead atoms. The van der Waals surface area contributed by atoms with Gasteiger partial charge in [-0.3, -0.25) is 4.57 Å². The molecule has 1 aromatic heterocycles. The first-order chi connectivity index (χ1) is 26.2. The van der Waals surface area contributed by atoms with Crippen molar-refractivity contribution in [3.8, 4) is 11.5 Å². The summed E-state index contributed by atoms with van der Waals surface area (Å²) in [4.78, 5) is 35.8. The molecule has 2 N–H and O–H groups in total. The Labute approximate surface area is 316 Å². The molecular weight excluding hydrogens is 688 g/mol. The average molecular weight is 739 g/mol. The molecule has 0 spiro atoms. The third-order valence-corrected chi connectivity index (χ3v) is 9.46. The van der Waals surface area contributed by atoms with Gasteiger partial charge < -0.3 is 34.1 Å². The number of rotatable bonds is 19. The summed E-state index contributed by atoms with van der Waals surface area (Å²) < 4.78 is 25.5. The van der Waals surface area contributed by atoms with Crippen LogP contribution in [0.15, 0.2) is 101 Å². The van der Waals surface area contributed by atoms with Crippen molar-refractivity contribution in [2.75, 3.05) is 33.9 Å². The van der Waals surface area contributed by atoms with E-state index in [-0.39, 0.29) is 18.8 Å². The minimum Gasteiger partial charge on any atom is -0.497 e. The first kappa shape index (κ1) is 39.9. The number of aromatic nitrogens is 2. The zero-order valence-corrected chi connectivity index (χ0v) is 31.3. The van der Waals surface area contributed by atoms with Gasteiger partial charge in [-0.1, -0.05) is 81.3 Å². The molecule has 3 aromatic carbocycles. The van der Waals surface area contributed by atoms with Crippen molar-refractivity contribution < 1.29 is 34.0 Å². The Balaban J connectivity index is 1.47. The molecule has 0 radical (unpaired) electrons. The van der Waals surface area contributed by atoms with Crippen molar-refractivity contribution in [2.24, 2.45) is 4.99 Å². The number of methoxy groups -OCH3 is 2. The summed E-state index contributed by atoms with van der Waals surface area (Å²) in [5, 5.41) is 20.7. The molecule has 286 valence electrons. The quantitative estimate of drug-likeness (QED) is 0.0469. The number of aliphatic hydroxyl groups is 1. The summed E-state index contributed by atoms with van der Waals surface area (Å²) >= 11 is 0. The van der Waals surface area contributed by atoms with E-state index in [0.717, 1.165) is 61.5 Å². The highest BCUT2D eigenvalue weighted by Gasteiger charge is 2.42. The third-order valence-electron chi connectivity index (χ3n) is 9.46. The highest BCUT2D eigenvalue weighted by Crippen LogP contribution is 2.42. The number of aliphatic carboxylic acids is 1. The van der Waals surface area contributed by atoms with Gasteiger partial charge in [0, 0.05) is 37.3 Å². The van der Waals surface area contributed by atoms with Crippen LogP contribution in [0.1, 0.15) is 74.4 Å². The highest BCUT2D eigenvalue weighted by atomic mass is 16.6. The minimum absolute atomic E-state index is 0.0493. The molecule has 3 atom stereocenters. The van der Waals surface area contributed by atoms with Crippen molar-refractivity contribution in [1.29, 1.82) is 0 Å². The number of aliphatic imine (C=N–C) groups is 1. The van der Waals surface area contributed by atoms with E-state index in [1.54, 1.807) is 20.6 Å². The number of nitrogens with zero attached hydrogens (tertiary/aromatic N) is 4. The molecule has 1 aliphatic heterocycles. The molecule has 1 aliphatic rings. The average Bonchev–Trinajstić information content (AvgIpc) is 3.57. The van der Waals surface area contributed by atoms with E-state index in [1.807, 2.05) is 78.9 Å². The number of carbonyl (C=O) groups is 1. The number of carboxylic acid groups (broad SMARTS) is 1. The summed E-state index contributed by atoms with van der Waals surface area (Å²) in [6.45, 7) is 5.79. The highest BCUT2D eigenvalue weighted by molar-refractivity contribution is 5.86. The molecule has 54 heavy (non-hydrogen) atoms. The Bertz CT molecular complexity index is 1860. The Morgan fingerprint density at radius 1 is 0.944 bits per heavy atom. The van der Waals surface area contributed by atoms with Gasteiger partial charge in [-0.25, -0.2) is 14.6 Å². The van der Waals surface area contributed by atoms with E-state index in [4.69, 9.17) is 18.9 Å². The molecule has 1 fully saturated rings. The first-order valence-electron chi connectivity index (χ1n) is 18.4. The third kappa shape index (κ3) is 9.62. The number of unbranched alkanes of at least 4 members (excludes halogenated alkanes) is 2. The van der Waals surface area contributed by atoms with Crippen LogP contribution in [-0.2, 0) is 19.9 Å². The van der Waals surface area contributed by atoms with Crippen LogP contribution in [-0.4, -0.2) is 83.1 Å². The summed E-state index contributed by atoms with van der Waals surface area (Å²) in [7, 11) is 3.22. The number of ether oxygens (including phenoxy) is 4. The minimum atomic E-state index is -1.16. The molecular formula is C42H50N4O8. The van der Waals surface area contributed by atoms with Crippen molar-refractivity contribution in [2.45, 2.75) is 70.0 Å². The van der Waals surface area contributed by atoms with E-state index in [0.29, 0.717) is 17.1 Å². The van der Waals surface area contributed by atoms with Crippen molar-refractivity contribution in [3.63, 3.8) is 0 Å². The molecule has 0 saturated carbocycles. The van der Waals surface area contributed by atoms with Crippen LogP contribution in [0.25, 0.3) is 6.08 Å². The molecule has 1 saturated heterocycles. The lowest BCUT2D eigenvalue weighted by molar-refractivity contribution is -0.131. The van der Waals surface area contributed by atoms with Crippen molar-refractivity contribution in [3.05, 3.63) is 124 Å². The molecule has 0 amide bonds. The smallest absolute Gasteiger partial charge is 0.351 e. The summed E-state index contributed by atoms with van der Waals surface area (Å²) in [5.74, 6) is 0.310. The van der Waals surface area contributed by atoms with Crippen molar-refractivity contribution in [1.82, 2.24) is 14.5 Å². The normalized spacial score (nSPS) is 17.3. The number of hydrogen-bond acceptors (Lipinski definition) is 9. The first-order valence-corrected chi connectivity index (χ1v) is 18.4. The van der Waals surface area contributed by atoms with Crippen molar-refractivity contribution >= 4 is 24.2 Å². The number of carboxylic acids is 1. The van der Waals surface area contributed by atoms with Gasteiger partial charge in [0.05, 0.1) is 33.3 Å². The topological polar surface area (TPSA) is 145 Å². The maximum absolute atomic E-state index is 13.5. The number of benzene rings is 3. The van der Waals surface area contributed by atoms with Gasteiger partial charge in [-0.15, -0.1) is 0 Å². The fourth-order valence-electron chi connectivity index (χ4n) is 6.47. The van der Waals surface area contributed by atoms with E-state index in [9.17, 15) is 19.8 Å². The van der Waals surface area contributed by atoms with E-state index in [1.165, 1.54) is 16.8 Å². The second-order valence-electron chi connectivity index (χ2n) is 13.1. The van der Waals surface area contributed by atoms with Crippen LogP contribution in [0.5, 0.6) is 11.5 Å². The van der Waals surface area contributed by atoms with Gasteiger partial charge in [-0.2, -0.15) is 4.98 Å². The van der Waals surface area contributed by atoms with E-state index < -0.39 is 35.7 Å². The lowest BCUT2D eigenvalue weighted by Crippen LogP contribution is -2.38. The van der Waals surface area contributed by atoms with Crippen LogP contribution >= 0.6 is 0 Å². The van der Waals surface area contributed by atoms with Gasteiger partial charge in [0.2, 0.25) is 0 Å². The van der Waals surface area contributed by atoms with E-state index in [2.05, 4.69) is 28.7 Å². The fourth-order valence-corrected chi connectivity index (χ4v) is 6.47. The Kier molecular flexibility index (Phi) is 14.2. The molecule has 0 unspecified atom stereocenters. The van der Waals surface area contributed by atoms with Gasteiger partial charge in [0.25, 0.3) is 0 Å². The van der Waals surface area contributed by atoms with Gasteiger partial charge >= 0.3 is 11.7 Å². The maximum atomic E-state index is 13.5. The molecule has 12 heteroatoms. The monoisotopic (exact) mass is 738 g/mol. The molecule has 2 heterocycles. The Morgan fingerprint density at radius 3 is 2.06 bits per heavy atom. The van der Waals surface area contributed by atoms with Crippen LogP contribution in [0.2, 0.25) is 0 Å². The fraction of sp³-hybridized carbons (Fsp3) is 0.381. The second-order valence-corrected chi connectivity index (χ2v) is 13.1. The molecule has 0 aliphatic carbocycles. The van der Waals surface area contributed by atoms with Crippen LogP contribution < -0.4 is 15.2 Å². The van der Waals surface area contributed by atoms with Crippen LogP contribution in [0.4, 0.5) is 5.82 Å². The summed E-state index contributed by atoms with van der Waals surface area (Å²) in [5.41, 5.74) is 1.02. The molecule has 4 aromatic rings. The van der Waals surface area contributed by atoms with Gasteiger partial charge in [-0.05, 0) is 59.9 Å². The summed E-state index contributed by atoms with van der Waals surface area (Å²) in [6, 6.07) is 25.0. The predicted octanol–water partition coefficient (Wildman–Crippen LogP) is 6.58. The second kappa shape index (κ2) is 19.2. The van der Waals surface area contributed by atoms with Gasteiger partial charge in [0.1, 0.15) is 29.4 Å². The maximum Gasteiger partial charge on any atom is 0.351 e. The lowest BCUT2D eigenvalue weighted by atomic mass is 9.80. The van der Waals surface area contributed by atoms with Gasteiger partial charge in [0.15, 0.2) is 5.82 Å². The van der Waals surface area contributed by atoms with Crippen LogP contribution in [0.3, 0.4) is 0 Å².